The zero-order chi connectivity index (χ0) is 24.4. The number of anilines is 2. The van der Waals surface area contributed by atoms with Crippen molar-refractivity contribution < 1.29 is 13.5 Å². The summed E-state index contributed by atoms with van der Waals surface area (Å²) in [6.07, 6.45) is 1.62. The molecule has 0 atom stereocenters. The van der Waals surface area contributed by atoms with Crippen molar-refractivity contribution in [1.82, 2.24) is 24.8 Å². The Morgan fingerprint density at radius 1 is 0.971 bits per heavy atom. The summed E-state index contributed by atoms with van der Waals surface area (Å²) in [6.45, 7) is 8.65. The molecule has 0 saturated carbocycles. The lowest BCUT2D eigenvalue weighted by molar-refractivity contribution is 0.132. The molecule has 182 valence electrons. The van der Waals surface area contributed by atoms with Crippen molar-refractivity contribution in [3.05, 3.63) is 65.9 Å². The van der Waals surface area contributed by atoms with Gasteiger partial charge in [0, 0.05) is 61.8 Å². The number of aromatic amines is 1. The summed E-state index contributed by atoms with van der Waals surface area (Å²) in [5.74, 6) is -0.653. The number of piperazine rings is 1. The number of hydrogen-bond acceptors (Lipinski definition) is 6. The van der Waals surface area contributed by atoms with E-state index in [-0.39, 0.29) is 5.56 Å². The second kappa shape index (κ2) is 9.97. The van der Waals surface area contributed by atoms with Crippen LogP contribution in [0.1, 0.15) is 12.5 Å². The van der Waals surface area contributed by atoms with Gasteiger partial charge in [-0.05, 0) is 36.4 Å². The highest BCUT2D eigenvalue weighted by Gasteiger charge is 2.19. The zero-order valence-corrected chi connectivity index (χ0v) is 19.8. The number of halogens is 2. The summed E-state index contributed by atoms with van der Waals surface area (Å²) < 4.78 is 33.3. The second-order valence-corrected chi connectivity index (χ2v) is 8.64. The highest BCUT2D eigenvalue weighted by Crippen LogP contribution is 2.36. The van der Waals surface area contributed by atoms with E-state index in [4.69, 9.17) is 4.74 Å². The third-order valence-corrected chi connectivity index (χ3v) is 6.44. The summed E-state index contributed by atoms with van der Waals surface area (Å²) in [6, 6.07) is 11.7. The fraction of sp³-hybridized carbons (Fsp3) is 0.308. The van der Waals surface area contributed by atoms with E-state index < -0.39 is 11.6 Å². The maximum atomic E-state index is 14.4. The second-order valence-electron chi connectivity index (χ2n) is 8.64. The summed E-state index contributed by atoms with van der Waals surface area (Å²) in [7, 11) is 1.50. The van der Waals surface area contributed by atoms with Crippen LogP contribution < -0.4 is 10.1 Å². The highest BCUT2D eigenvalue weighted by atomic mass is 19.1. The van der Waals surface area contributed by atoms with Crippen LogP contribution in [0.15, 0.2) is 48.7 Å². The molecule has 35 heavy (non-hydrogen) atoms. The van der Waals surface area contributed by atoms with Crippen LogP contribution in [0.5, 0.6) is 5.88 Å². The number of nitrogens with zero attached hydrogens (tertiary/aromatic N) is 4. The first kappa shape index (κ1) is 23.2. The van der Waals surface area contributed by atoms with Gasteiger partial charge in [0.2, 0.25) is 11.8 Å². The van der Waals surface area contributed by atoms with Gasteiger partial charge < -0.3 is 19.9 Å². The van der Waals surface area contributed by atoms with Gasteiger partial charge in [0.05, 0.1) is 12.5 Å². The monoisotopic (exact) mass is 478 g/mol. The summed E-state index contributed by atoms with van der Waals surface area (Å²) >= 11 is 0. The largest absolute Gasteiger partial charge is 0.480 e. The number of ether oxygens (including phenoxy) is 1. The maximum Gasteiger partial charge on any atom is 0.232 e. The van der Waals surface area contributed by atoms with Gasteiger partial charge in [0.25, 0.3) is 0 Å². The van der Waals surface area contributed by atoms with E-state index in [1.54, 1.807) is 6.20 Å². The van der Waals surface area contributed by atoms with E-state index in [0.717, 1.165) is 51.0 Å². The van der Waals surface area contributed by atoms with Gasteiger partial charge in [-0.1, -0.05) is 19.1 Å². The molecule has 0 unspecified atom stereocenters. The lowest BCUT2D eigenvalue weighted by Gasteiger charge is -2.34. The van der Waals surface area contributed by atoms with Gasteiger partial charge in [-0.2, -0.15) is 9.97 Å². The molecule has 2 aromatic heterocycles. The highest BCUT2D eigenvalue weighted by molar-refractivity contribution is 5.97. The van der Waals surface area contributed by atoms with E-state index in [9.17, 15) is 8.78 Å². The number of benzene rings is 2. The van der Waals surface area contributed by atoms with Gasteiger partial charge in [-0.15, -0.1) is 0 Å². The minimum absolute atomic E-state index is 0.243. The molecule has 2 aromatic carbocycles. The van der Waals surface area contributed by atoms with Crippen molar-refractivity contribution in [2.45, 2.75) is 13.5 Å². The van der Waals surface area contributed by atoms with Crippen molar-refractivity contribution in [1.29, 1.82) is 0 Å². The minimum atomic E-state index is -0.664. The Kier molecular flexibility index (Phi) is 6.61. The molecule has 0 bridgehead atoms. The molecule has 1 aliphatic heterocycles. The summed E-state index contributed by atoms with van der Waals surface area (Å²) in [5, 5.41) is 3.75. The van der Waals surface area contributed by atoms with Crippen LogP contribution in [0.2, 0.25) is 0 Å². The lowest BCUT2D eigenvalue weighted by atomic mass is 10.1. The number of H-pyrrole nitrogens is 1. The molecule has 0 amide bonds. The van der Waals surface area contributed by atoms with Crippen LogP contribution in [-0.2, 0) is 6.54 Å². The first-order valence-electron chi connectivity index (χ1n) is 11.7. The van der Waals surface area contributed by atoms with Crippen LogP contribution in [-0.4, -0.2) is 64.6 Å². The van der Waals surface area contributed by atoms with Crippen molar-refractivity contribution in [2.75, 3.05) is 45.2 Å². The number of fused-ring (bicyclic) bond motifs is 1. The van der Waals surface area contributed by atoms with Crippen LogP contribution in [0.3, 0.4) is 0 Å². The number of methoxy groups -OCH3 is 1. The number of hydrogen-bond donors (Lipinski definition) is 2. The van der Waals surface area contributed by atoms with Gasteiger partial charge >= 0.3 is 0 Å². The Morgan fingerprint density at radius 3 is 2.40 bits per heavy atom. The lowest BCUT2D eigenvalue weighted by Crippen LogP contribution is -2.45. The summed E-state index contributed by atoms with van der Waals surface area (Å²) in [5.41, 5.74) is 3.34. The Bertz CT molecular complexity index is 1320. The molecule has 5 rings (SSSR count). The Labute approximate surface area is 202 Å². The molecule has 1 aliphatic rings. The van der Waals surface area contributed by atoms with Crippen LogP contribution >= 0.6 is 0 Å². The number of likely N-dealkylation sites (N-methyl/N-ethyl adjacent to an activating group) is 1. The Morgan fingerprint density at radius 2 is 1.71 bits per heavy atom. The summed E-state index contributed by atoms with van der Waals surface area (Å²) in [4.78, 5) is 17.0. The fourth-order valence-electron chi connectivity index (χ4n) is 4.47. The van der Waals surface area contributed by atoms with Gasteiger partial charge in [0.1, 0.15) is 17.3 Å². The number of aromatic nitrogens is 3. The SMILES string of the molecule is CCN1CCN(Cc2ccc(Nc3nc(OC)c4c(-c5ccc(F)cc5F)c[nH]c4n3)cc2)CC1. The Balaban J connectivity index is 1.33. The third kappa shape index (κ3) is 4.96. The molecule has 0 spiro atoms. The molecule has 1 fully saturated rings. The van der Waals surface area contributed by atoms with E-state index in [0.29, 0.717) is 28.4 Å². The molecule has 1 saturated heterocycles. The topological polar surface area (TPSA) is 69.3 Å². The molecule has 0 radical (unpaired) electrons. The number of nitrogens with one attached hydrogen (secondary N) is 2. The third-order valence-electron chi connectivity index (χ3n) is 6.44. The predicted octanol–water partition coefficient (Wildman–Crippen LogP) is 4.79. The van der Waals surface area contributed by atoms with Crippen molar-refractivity contribution in [3.63, 3.8) is 0 Å². The van der Waals surface area contributed by atoms with Crippen LogP contribution in [0.4, 0.5) is 20.4 Å². The van der Waals surface area contributed by atoms with Crippen molar-refractivity contribution in [2.24, 2.45) is 0 Å². The first-order valence-corrected chi connectivity index (χ1v) is 11.7. The normalized spacial score (nSPS) is 15.0. The van der Waals surface area contributed by atoms with Crippen LogP contribution in [0.25, 0.3) is 22.2 Å². The average Bonchev–Trinajstić information content (AvgIpc) is 3.29. The standard InChI is InChI=1S/C26H28F2N6O/c1-3-33-10-12-34(13-11-33)16-17-4-7-19(8-5-17)30-26-31-24-23(25(32-26)35-2)21(15-29-24)20-9-6-18(27)14-22(20)28/h4-9,14-15H,3,10-13,16H2,1-2H3,(H2,29,30,31,32). The van der Waals surface area contributed by atoms with Crippen molar-refractivity contribution >= 4 is 22.7 Å². The molecular weight excluding hydrogens is 450 g/mol. The van der Waals surface area contributed by atoms with Crippen LogP contribution in [0, 0.1) is 11.6 Å². The van der Waals surface area contributed by atoms with Crippen molar-refractivity contribution in [3.8, 4) is 17.0 Å². The zero-order valence-electron chi connectivity index (χ0n) is 19.8. The average molecular weight is 479 g/mol. The molecule has 9 heteroatoms. The van der Waals surface area contributed by atoms with Gasteiger partial charge in [-0.25, -0.2) is 8.78 Å². The molecule has 3 heterocycles. The molecule has 0 aliphatic carbocycles. The van der Waals surface area contributed by atoms with Gasteiger partial charge in [0.15, 0.2) is 0 Å². The van der Waals surface area contributed by atoms with E-state index >= 15 is 0 Å². The fourth-order valence-corrected chi connectivity index (χ4v) is 4.47. The maximum absolute atomic E-state index is 14.4. The minimum Gasteiger partial charge on any atom is -0.480 e. The molecule has 4 aromatic rings. The van der Waals surface area contributed by atoms with E-state index in [1.165, 1.54) is 24.8 Å². The molecular formula is C26H28F2N6O. The smallest absolute Gasteiger partial charge is 0.232 e. The van der Waals surface area contributed by atoms with E-state index in [2.05, 4.69) is 49.1 Å². The quantitative estimate of drug-likeness (QED) is 0.398. The molecule has 2 N–H and O–H groups in total. The predicted molar refractivity (Wildman–Crippen MR) is 133 cm³/mol. The van der Waals surface area contributed by atoms with Gasteiger partial charge in [-0.3, -0.25) is 4.90 Å². The Hall–Kier alpha value is -3.56. The number of rotatable bonds is 7. The first-order chi connectivity index (χ1) is 17.0. The van der Waals surface area contributed by atoms with E-state index in [1.807, 2.05) is 12.1 Å². The molecule has 7 nitrogen and oxygen atoms in total.